The Bertz CT molecular complexity index is 632. The van der Waals surface area contributed by atoms with Crippen LogP contribution in [0.15, 0.2) is 42.6 Å². The quantitative estimate of drug-likeness (QED) is 0.912. The molecule has 0 aliphatic carbocycles. The Morgan fingerprint density at radius 2 is 1.91 bits per heavy atom. The summed E-state index contributed by atoms with van der Waals surface area (Å²) >= 11 is 0. The predicted molar refractivity (Wildman–Crippen MR) is 90.6 cm³/mol. The van der Waals surface area contributed by atoms with Crippen LogP contribution in [0.25, 0.3) is 0 Å². The highest BCUT2D eigenvalue weighted by Crippen LogP contribution is 2.33. The first-order valence-corrected chi connectivity index (χ1v) is 8.64. The second kappa shape index (κ2) is 6.48. The van der Waals surface area contributed by atoms with E-state index in [0.717, 1.165) is 38.3 Å². The summed E-state index contributed by atoms with van der Waals surface area (Å²) in [5.41, 5.74) is 3.68. The number of aromatic amines is 1. The van der Waals surface area contributed by atoms with E-state index in [1.807, 2.05) is 12.3 Å². The van der Waals surface area contributed by atoms with Crippen LogP contribution in [0.4, 0.5) is 0 Å². The van der Waals surface area contributed by atoms with Gasteiger partial charge in [0.1, 0.15) is 6.23 Å². The molecule has 0 radical (unpaired) electrons. The van der Waals surface area contributed by atoms with Crippen LogP contribution in [0.5, 0.6) is 0 Å². The predicted octanol–water partition coefficient (Wildman–Crippen LogP) is 2.73. The van der Waals surface area contributed by atoms with Crippen LogP contribution in [0.1, 0.15) is 35.9 Å². The summed E-state index contributed by atoms with van der Waals surface area (Å²) < 4.78 is 0. The summed E-state index contributed by atoms with van der Waals surface area (Å²) in [6.45, 7) is 5.23. The minimum atomic E-state index is -0.414. The Morgan fingerprint density at radius 3 is 2.65 bits per heavy atom. The van der Waals surface area contributed by atoms with E-state index in [9.17, 15) is 5.11 Å². The molecule has 0 amide bonds. The van der Waals surface area contributed by atoms with Crippen molar-refractivity contribution < 1.29 is 5.11 Å². The van der Waals surface area contributed by atoms with Crippen molar-refractivity contribution in [2.24, 2.45) is 5.92 Å². The van der Waals surface area contributed by atoms with E-state index in [2.05, 4.69) is 45.1 Å². The fraction of sp³-hybridized carbons (Fsp3) is 0.474. The van der Waals surface area contributed by atoms with Crippen LogP contribution in [0.3, 0.4) is 0 Å². The minimum absolute atomic E-state index is 0.414. The number of aliphatic hydroxyl groups excluding tert-OH is 1. The molecule has 0 bridgehead atoms. The number of piperidine rings is 1. The molecule has 2 aliphatic heterocycles. The van der Waals surface area contributed by atoms with Crippen LogP contribution < -0.4 is 0 Å². The zero-order valence-corrected chi connectivity index (χ0v) is 13.5. The maximum atomic E-state index is 10.5. The van der Waals surface area contributed by atoms with Gasteiger partial charge < -0.3 is 10.1 Å². The van der Waals surface area contributed by atoms with E-state index in [0.29, 0.717) is 5.92 Å². The van der Waals surface area contributed by atoms with Gasteiger partial charge in [-0.25, -0.2) is 0 Å². The first-order valence-electron chi connectivity index (χ1n) is 8.64. The molecule has 4 rings (SSSR count). The SMILES string of the molecule is OC1c2ccccc2CN1CC1CCN(Cc2ccc[nH]2)CC1. The van der Waals surface area contributed by atoms with Crippen LogP contribution in [-0.2, 0) is 13.1 Å². The molecule has 1 atom stereocenters. The van der Waals surface area contributed by atoms with E-state index in [1.165, 1.54) is 24.1 Å². The average Bonchev–Trinajstić information content (AvgIpc) is 3.19. The van der Waals surface area contributed by atoms with Gasteiger partial charge in [-0.3, -0.25) is 9.80 Å². The second-order valence-corrected chi connectivity index (χ2v) is 6.92. The van der Waals surface area contributed by atoms with E-state index in [1.54, 1.807) is 0 Å². The monoisotopic (exact) mass is 311 g/mol. The van der Waals surface area contributed by atoms with Gasteiger partial charge in [-0.05, 0) is 55.1 Å². The van der Waals surface area contributed by atoms with Crippen molar-refractivity contribution in [3.8, 4) is 0 Å². The maximum absolute atomic E-state index is 10.5. The summed E-state index contributed by atoms with van der Waals surface area (Å²) in [4.78, 5) is 8.04. The summed E-state index contributed by atoms with van der Waals surface area (Å²) in [5.74, 6) is 0.693. The largest absolute Gasteiger partial charge is 0.374 e. The molecular formula is C19H25N3O. The van der Waals surface area contributed by atoms with E-state index in [4.69, 9.17) is 0 Å². The number of aromatic nitrogens is 1. The molecule has 1 saturated heterocycles. The number of nitrogens with one attached hydrogen (secondary N) is 1. The fourth-order valence-electron chi connectivity index (χ4n) is 3.96. The van der Waals surface area contributed by atoms with Crippen molar-refractivity contribution in [1.82, 2.24) is 14.8 Å². The highest BCUT2D eigenvalue weighted by molar-refractivity contribution is 5.32. The minimum Gasteiger partial charge on any atom is -0.374 e. The number of rotatable bonds is 4. The fourth-order valence-corrected chi connectivity index (χ4v) is 3.96. The summed E-state index contributed by atoms with van der Waals surface area (Å²) in [6.07, 6.45) is 4.03. The van der Waals surface area contributed by atoms with Crippen molar-refractivity contribution in [3.05, 3.63) is 59.4 Å². The summed E-state index contributed by atoms with van der Waals surface area (Å²) in [5, 5.41) is 10.5. The van der Waals surface area contributed by atoms with Crippen LogP contribution in [0.2, 0.25) is 0 Å². The zero-order chi connectivity index (χ0) is 15.6. The van der Waals surface area contributed by atoms with E-state index in [-0.39, 0.29) is 0 Å². The Kier molecular flexibility index (Phi) is 4.21. The lowest BCUT2D eigenvalue weighted by atomic mass is 9.96. The van der Waals surface area contributed by atoms with Gasteiger partial charge in [0, 0.05) is 31.5 Å². The smallest absolute Gasteiger partial charge is 0.134 e. The molecule has 23 heavy (non-hydrogen) atoms. The molecule has 2 aromatic rings. The molecular weight excluding hydrogens is 286 g/mol. The third-order valence-electron chi connectivity index (χ3n) is 5.31. The summed E-state index contributed by atoms with van der Waals surface area (Å²) in [6, 6.07) is 12.5. The highest BCUT2D eigenvalue weighted by Gasteiger charge is 2.30. The second-order valence-electron chi connectivity index (χ2n) is 6.92. The van der Waals surface area contributed by atoms with Crippen molar-refractivity contribution in [3.63, 3.8) is 0 Å². The molecule has 0 saturated carbocycles. The molecule has 1 aromatic heterocycles. The van der Waals surface area contributed by atoms with E-state index < -0.39 is 6.23 Å². The van der Waals surface area contributed by atoms with Crippen molar-refractivity contribution in [1.29, 1.82) is 0 Å². The van der Waals surface area contributed by atoms with Gasteiger partial charge in [-0.15, -0.1) is 0 Å². The normalized spacial score (nSPS) is 23.3. The zero-order valence-electron chi connectivity index (χ0n) is 13.5. The first-order chi connectivity index (χ1) is 11.3. The molecule has 4 heteroatoms. The van der Waals surface area contributed by atoms with Gasteiger partial charge in [-0.1, -0.05) is 24.3 Å². The molecule has 1 aromatic carbocycles. The average molecular weight is 311 g/mol. The standard InChI is InChI=1S/C19H25N3O/c23-19-18-6-2-1-4-16(18)13-22(19)12-15-7-10-21(11-8-15)14-17-5-3-9-20-17/h1-6,9,15,19-20,23H,7-8,10-14H2. The lowest BCUT2D eigenvalue weighted by Gasteiger charge is -2.34. The number of aliphatic hydroxyl groups is 1. The molecule has 2 aliphatic rings. The van der Waals surface area contributed by atoms with Crippen molar-refractivity contribution >= 4 is 0 Å². The van der Waals surface area contributed by atoms with Gasteiger partial charge in [0.25, 0.3) is 0 Å². The number of likely N-dealkylation sites (tertiary alicyclic amines) is 1. The number of H-pyrrole nitrogens is 1. The summed E-state index contributed by atoms with van der Waals surface area (Å²) in [7, 11) is 0. The van der Waals surface area contributed by atoms with Crippen molar-refractivity contribution in [2.75, 3.05) is 19.6 Å². The van der Waals surface area contributed by atoms with Gasteiger partial charge in [0.05, 0.1) is 0 Å². The van der Waals surface area contributed by atoms with Crippen LogP contribution in [0, 0.1) is 5.92 Å². The molecule has 1 fully saturated rings. The molecule has 122 valence electrons. The number of benzene rings is 1. The Hall–Kier alpha value is -1.62. The highest BCUT2D eigenvalue weighted by atomic mass is 16.3. The van der Waals surface area contributed by atoms with Crippen LogP contribution in [-0.4, -0.2) is 39.5 Å². The molecule has 3 heterocycles. The topological polar surface area (TPSA) is 42.5 Å². The number of nitrogens with zero attached hydrogens (tertiary/aromatic N) is 2. The Morgan fingerprint density at radius 1 is 1.09 bits per heavy atom. The molecule has 2 N–H and O–H groups in total. The lowest BCUT2D eigenvalue weighted by Crippen LogP contribution is -2.38. The number of fused-ring (bicyclic) bond motifs is 1. The molecule has 0 spiro atoms. The Balaban J connectivity index is 1.29. The third kappa shape index (κ3) is 3.20. The number of hydrogen-bond donors (Lipinski definition) is 2. The van der Waals surface area contributed by atoms with Gasteiger partial charge in [-0.2, -0.15) is 0 Å². The molecule has 1 unspecified atom stereocenters. The lowest BCUT2D eigenvalue weighted by molar-refractivity contribution is -0.00410. The molecule has 4 nitrogen and oxygen atoms in total. The van der Waals surface area contributed by atoms with E-state index >= 15 is 0 Å². The van der Waals surface area contributed by atoms with Gasteiger partial charge >= 0.3 is 0 Å². The maximum Gasteiger partial charge on any atom is 0.134 e. The number of hydrogen-bond acceptors (Lipinski definition) is 3. The van der Waals surface area contributed by atoms with Gasteiger partial charge in [0.15, 0.2) is 0 Å². The Labute approximate surface area is 137 Å². The van der Waals surface area contributed by atoms with Crippen LogP contribution >= 0.6 is 0 Å². The first kappa shape index (κ1) is 14.9. The van der Waals surface area contributed by atoms with Crippen molar-refractivity contribution in [2.45, 2.75) is 32.2 Å². The van der Waals surface area contributed by atoms with Gasteiger partial charge in [0.2, 0.25) is 0 Å². The third-order valence-corrected chi connectivity index (χ3v) is 5.31.